The molecule has 5 nitrogen and oxygen atoms in total. The van der Waals surface area contributed by atoms with Gasteiger partial charge in [-0.1, -0.05) is 24.3 Å². The normalized spacial score (nSPS) is 10.8. The van der Waals surface area contributed by atoms with E-state index in [9.17, 15) is 9.18 Å². The van der Waals surface area contributed by atoms with Gasteiger partial charge in [0.15, 0.2) is 11.5 Å². The summed E-state index contributed by atoms with van der Waals surface area (Å²) in [6.07, 6.45) is 0. The number of hydrogen-bond acceptors (Lipinski definition) is 4. The van der Waals surface area contributed by atoms with E-state index in [1.54, 1.807) is 55.6 Å². The van der Waals surface area contributed by atoms with E-state index in [4.69, 9.17) is 9.47 Å². The summed E-state index contributed by atoms with van der Waals surface area (Å²) in [5, 5.41) is 0.535. The van der Waals surface area contributed by atoms with Crippen LogP contribution in [0.1, 0.15) is 5.56 Å². The third kappa shape index (κ3) is 3.57. The largest absolute Gasteiger partial charge is 0.493 e. The van der Waals surface area contributed by atoms with Crippen molar-refractivity contribution >= 4 is 10.9 Å². The van der Waals surface area contributed by atoms with Crippen molar-refractivity contribution in [3.8, 4) is 22.9 Å². The van der Waals surface area contributed by atoms with Crippen LogP contribution in [0.5, 0.6) is 11.5 Å². The first-order chi connectivity index (χ1) is 13.6. The van der Waals surface area contributed by atoms with Crippen LogP contribution in [-0.2, 0) is 6.61 Å². The smallest absolute Gasteiger partial charge is 0.259 e. The standard InChI is InChI=1S/C22H17FN2O3/c1-27-19-11-8-15(12-20(19)28-13-14-6-9-16(23)10-7-14)21-24-18-5-3-2-4-17(18)22(26)25-21/h2-12H,13H2,1H3,(H,24,25,26). The molecule has 1 aromatic heterocycles. The highest BCUT2D eigenvalue weighted by atomic mass is 19.1. The van der Waals surface area contributed by atoms with Gasteiger partial charge in [-0.05, 0) is 48.0 Å². The van der Waals surface area contributed by atoms with Crippen molar-refractivity contribution in [1.29, 1.82) is 0 Å². The van der Waals surface area contributed by atoms with Gasteiger partial charge in [-0.3, -0.25) is 4.79 Å². The fourth-order valence-electron chi connectivity index (χ4n) is 2.90. The van der Waals surface area contributed by atoms with E-state index < -0.39 is 0 Å². The highest BCUT2D eigenvalue weighted by Crippen LogP contribution is 2.32. The molecule has 0 aliphatic carbocycles. The van der Waals surface area contributed by atoms with E-state index in [1.165, 1.54) is 12.1 Å². The van der Waals surface area contributed by atoms with E-state index in [0.29, 0.717) is 33.8 Å². The summed E-state index contributed by atoms with van der Waals surface area (Å²) in [6.45, 7) is 0.252. The molecule has 0 saturated carbocycles. The molecule has 1 heterocycles. The number of aromatic amines is 1. The lowest BCUT2D eigenvalue weighted by Crippen LogP contribution is -2.09. The lowest BCUT2D eigenvalue weighted by molar-refractivity contribution is 0.284. The van der Waals surface area contributed by atoms with Crippen molar-refractivity contribution in [2.45, 2.75) is 6.61 Å². The van der Waals surface area contributed by atoms with Crippen LogP contribution >= 0.6 is 0 Å². The van der Waals surface area contributed by atoms with Gasteiger partial charge in [0.2, 0.25) is 0 Å². The van der Waals surface area contributed by atoms with Gasteiger partial charge in [0, 0.05) is 5.56 Å². The van der Waals surface area contributed by atoms with Crippen LogP contribution in [0, 0.1) is 5.82 Å². The maximum absolute atomic E-state index is 13.1. The van der Waals surface area contributed by atoms with Crippen molar-refractivity contribution in [2.75, 3.05) is 7.11 Å². The van der Waals surface area contributed by atoms with Gasteiger partial charge in [0.1, 0.15) is 18.2 Å². The third-order valence-corrected chi connectivity index (χ3v) is 4.36. The molecule has 0 fully saturated rings. The van der Waals surface area contributed by atoms with Crippen LogP contribution in [0.3, 0.4) is 0 Å². The first-order valence-corrected chi connectivity index (χ1v) is 8.69. The molecule has 1 N–H and O–H groups in total. The van der Waals surface area contributed by atoms with Gasteiger partial charge in [-0.25, -0.2) is 9.37 Å². The van der Waals surface area contributed by atoms with Crippen molar-refractivity contribution in [2.24, 2.45) is 0 Å². The number of nitrogens with one attached hydrogen (secondary N) is 1. The molecular formula is C22H17FN2O3. The predicted octanol–water partition coefficient (Wildman–Crippen LogP) is 4.32. The second-order valence-electron chi connectivity index (χ2n) is 6.21. The Morgan fingerprint density at radius 2 is 1.79 bits per heavy atom. The molecule has 0 amide bonds. The quantitative estimate of drug-likeness (QED) is 0.564. The molecule has 0 atom stereocenters. The number of ether oxygens (including phenoxy) is 2. The molecule has 140 valence electrons. The Bertz CT molecular complexity index is 1190. The number of H-pyrrole nitrogens is 1. The summed E-state index contributed by atoms with van der Waals surface area (Å²) in [5.74, 6) is 1.20. The Morgan fingerprint density at radius 1 is 1.00 bits per heavy atom. The lowest BCUT2D eigenvalue weighted by Gasteiger charge is -2.12. The fraction of sp³-hybridized carbons (Fsp3) is 0.0909. The second kappa shape index (κ2) is 7.52. The van der Waals surface area contributed by atoms with E-state index in [0.717, 1.165) is 5.56 Å². The monoisotopic (exact) mass is 376 g/mol. The first-order valence-electron chi connectivity index (χ1n) is 8.69. The zero-order chi connectivity index (χ0) is 19.5. The van der Waals surface area contributed by atoms with Crippen molar-refractivity contribution in [3.63, 3.8) is 0 Å². The number of methoxy groups -OCH3 is 1. The molecule has 0 spiro atoms. The summed E-state index contributed by atoms with van der Waals surface area (Å²) >= 11 is 0. The Morgan fingerprint density at radius 3 is 2.57 bits per heavy atom. The van der Waals surface area contributed by atoms with Gasteiger partial charge in [0.25, 0.3) is 5.56 Å². The van der Waals surface area contributed by atoms with Crippen molar-refractivity contribution in [3.05, 3.63) is 88.5 Å². The molecule has 0 radical (unpaired) electrons. The molecule has 0 bridgehead atoms. The van der Waals surface area contributed by atoms with Crippen molar-refractivity contribution in [1.82, 2.24) is 9.97 Å². The maximum atomic E-state index is 13.1. The second-order valence-corrected chi connectivity index (χ2v) is 6.21. The summed E-state index contributed by atoms with van der Waals surface area (Å²) < 4.78 is 24.3. The zero-order valence-corrected chi connectivity index (χ0v) is 15.1. The van der Waals surface area contributed by atoms with E-state index in [2.05, 4.69) is 9.97 Å². The van der Waals surface area contributed by atoms with Crippen LogP contribution in [0.2, 0.25) is 0 Å². The van der Waals surface area contributed by atoms with Gasteiger partial charge >= 0.3 is 0 Å². The third-order valence-electron chi connectivity index (χ3n) is 4.36. The van der Waals surface area contributed by atoms with Gasteiger partial charge in [-0.15, -0.1) is 0 Å². The average Bonchev–Trinajstić information content (AvgIpc) is 2.73. The number of nitrogens with zero attached hydrogens (tertiary/aromatic N) is 1. The number of benzene rings is 3. The minimum absolute atomic E-state index is 0.204. The molecule has 4 rings (SSSR count). The number of hydrogen-bond donors (Lipinski definition) is 1. The molecule has 0 saturated heterocycles. The van der Waals surface area contributed by atoms with Gasteiger partial charge < -0.3 is 14.5 Å². The molecule has 0 aliphatic heterocycles. The van der Waals surface area contributed by atoms with Crippen LogP contribution in [-0.4, -0.2) is 17.1 Å². The maximum Gasteiger partial charge on any atom is 0.259 e. The fourth-order valence-corrected chi connectivity index (χ4v) is 2.90. The lowest BCUT2D eigenvalue weighted by atomic mass is 10.1. The average molecular weight is 376 g/mol. The molecule has 28 heavy (non-hydrogen) atoms. The number of fused-ring (bicyclic) bond motifs is 1. The highest BCUT2D eigenvalue weighted by molar-refractivity contribution is 5.79. The number of aromatic nitrogens is 2. The summed E-state index contributed by atoms with van der Waals surface area (Å²) in [6, 6.07) is 18.6. The highest BCUT2D eigenvalue weighted by Gasteiger charge is 2.11. The molecular weight excluding hydrogens is 359 g/mol. The summed E-state index contributed by atoms with van der Waals surface area (Å²) in [4.78, 5) is 19.7. The van der Waals surface area contributed by atoms with E-state index in [-0.39, 0.29) is 18.0 Å². The topological polar surface area (TPSA) is 64.2 Å². The molecule has 0 unspecified atom stereocenters. The molecule has 0 aliphatic rings. The minimum Gasteiger partial charge on any atom is -0.493 e. The van der Waals surface area contributed by atoms with E-state index >= 15 is 0 Å². The molecule has 4 aromatic rings. The predicted molar refractivity (Wildman–Crippen MR) is 105 cm³/mol. The molecule has 3 aromatic carbocycles. The van der Waals surface area contributed by atoms with E-state index in [1.807, 2.05) is 6.07 Å². The number of para-hydroxylation sites is 1. The molecule has 6 heteroatoms. The van der Waals surface area contributed by atoms with Crippen LogP contribution < -0.4 is 15.0 Å². The van der Waals surface area contributed by atoms with Crippen molar-refractivity contribution < 1.29 is 13.9 Å². The Hall–Kier alpha value is -3.67. The Balaban J connectivity index is 1.68. The van der Waals surface area contributed by atoms with Crippen LogP contribution in [0.25, 0.3) is 22.3 Å². The number of halogens is 1. The summed E-state index contributed by atoms with van der Waals surface area (Å²) in [7, 11) is 1.55. The Kier molecular flexibility index (Phi) is 4.76. The first kappa shape index (κ1) is 17.7. The number of rotatable bonds is 5. The van der Waals surface area contributed by atoms with Crippen LogP contribution in [0.4, 0.5) is 4.39 Å². The van der Waals surface area contributed by atoms with Crippen LogP contribution in [0.15, 0.2) is 71.5 Å². The zero-order valence-electron chi connectivity index (χ0n) is 15.1. The van der Waals surface area contributed by atoms with Gasteiger partial charge in [0.05, 0.1) is 18.0 Å². The SMILES string of the molecule is COc1ccc(-c2nc3ccccc3c(=O)[nH]2)cc1OCc1ccc(F)cc1. The van der Waals surface area contributed by atoms with Gasteiger partial charge in [-0.2, -0.15) is 0 Å². The minimum atomic E-state index is -0.297. The summed E-state index contributed by atoms with van der Waals surface area (Å²) in [5.41, 5.74) is 1.93. The Labute approximate surface area is 160 Å².